The zero-order valence-corrected chi connectivity index (χ0v) is 38.3. The van der Waals surface area contributed by atoms with Crippen LogP contribution in [0.15, 0.2) is 277 Å². The molecule has 0 amide bonds. The van der Waals surface area contributed by atoms with Crippen molar-refractivity contribution in [3.63, 3.8) is 0 Å². The SMILES string of the molecule is c1ccc(-c2ccc(-c3ccccc3-c3ccc(N(c4ccc(-c5ccc6ccccc6c5)cc4)c4ccc(-c5cccc6ccccc56)c5oc6ccccc6c45)cc3)c(-c3ccccc3)c2)cc1. The largest absolute Gasteiger partial charge is 0.455 e. The zero-order valence-electron chi connectivity index (χ0n) is 38.3. The van der Waals surface area contributed by atoms with E-state index in [-0.39, 0.29) is 0 Å². The van der Waals surface area contributed by atoms with E-state index in [2.05, 4.69) is 278 Å². The van der Waals surface area contributed by atoms with Gasteiger partial charge in [-0.05, 0) is 137 Å². The number of hydrogen-bond acceptors (Lipinski definition) is 2. The van der Waals surface area contributed by atoms with E-state index in [0.29, 0.717) is 0 Å². The highest BCUT2D eigenvalue weighted by Gasteiger charge is 2.23. The van der Waals surface area contributed by atoms with Crippen LogP contribution in [0.5, 0.6) is 0 Å². The number of para-hydroxylation sites is 1. The summed E-state index contributed by atoms with van der Waals surface area (Å²) in [5.74, 6) is 0. The quantitative estimate of drug-likeness (QED) is 0.144. The second-order valence-corrected chi connectivity index (χ2v) is 18.0. The van der Waals surface area contributed by atoms with Gasteiger partial charge in [-0.15, -0.1) is 0 Å². The van der Waals surface area contributed by atoms with Crippen LogP contribution in [-0.2, 0) is 0 Å². The van der Waals surface area contributed by atoms with E-state index in [1.54, 1.807) is 0 Å². The summed E-state index contributed by atoms with van der Waals surface area (Å²) in [5, 5.41) is 7.00. The summed E-state index contributed by atoms with van der Waals surface area (Å²) >= 11 is 0. The smallest absolute Gasteiger partial charge is 0.145 e. The number of furan rings is 1. The Hall–Kier alpha value is -9.24. The molecule has 1 aromatic heterocycles. The van der Waals surface area contributed by atoms with Crippen LogP contribution in [0, 0.1) is 0 Å². The predicted molar refractivity (Wildman–Crippen MR) is 296 cm³/mol. The second-order valence-electron chi connectivity index (χ2n) is 18.0. The number of hydrogen-bond donors (Lipinski definition) is 0. The lowest BCUT2D eigenvalue weighted by Crippen LogP contribution is -2.10. The Morgan fingerprint density at radius 2 is 0.757 bits per heavy atom. The zero-order chi connectivity index (χ0) is 46.4. The van der Waals surface area contributed by atoms with Gasteiger partial charge in [0.1, 0.15) is 11.2 Å². The molecule has 0 radical (unpaired) electrons. The Morgan fingerprint density at radius 1 is 0.257 bits per heavy atom. The first-order chi connectivity index (χ1) is 34.7. The monoisotopic (exact) mass is 891 g/mol. The number of rotatable bonds is 9. The molecule has 0 atom stereocenters. The third-order valence-electron chi connectivity index (χ3n) is 13.9. The van der Waals surface area contributed by atoms with Crippen LogP contribution < -0.4 is 4.90 Å². The molecule has 13 aromatic rings. The molecular formula is C68H45NO. The molecule has 2 heteroatoms. The molecule has 328 valence electrons. The summed E-state index contributed by atoms with van der Waals surface area (Å²) in [6, 6.07) is 98.6. The maximum absolute atomic E-state index is 6.94. The van der Waals surface area contributed by atoms with Crippen LogP contribution in [-0.4, -0.2) is 0 Å². The van der Waals surface area contributed by atoms with Crippen molar-refractivity contribution in [1.82, 2.24) is 0 Å². The molecule has 2 nitrogen and oxygen atoms in total. The second kappa shape index (κ2) is 17.4. The minimum atomic E-state index is 0.858. The number of anilines is 3. The van der Waals surface area contributed by atoms with Gasteiger partial charge in [0.15, 0.2) is 0 Å². The summed E-state index contributed by atoms with van der Waals surface area (Å²) in [7, 11) is 0. The Kier molecular flexibility index (Phi) is 10.2. The fourth-order valence-electron chi connectivity index (χ4n) is 10.5. The molecule has 0 N–H and O–H groups in total. The lowest BCUT2D eigenvalue weighted by atomic mass is 9.87. The first kappa shape index (κ1) is 41.0. The van der Waals surface area contributed by atoms with E-state index in [4.69, 9.17) is 4.42 Å². The molecule has 1 heterocycles. The Labute approximate surface area is 407 Å². The van der Waals surface area contributed by atoms with Crippen molar-refractivity contribution in [2.75, 3.05) is 4.90 Å². The molecular weight excluding hydrogens is 847 g/mol. The van der Waals surface area contributed by atoms with Crippen molar-refractivity contribution in [3.05, 3.63) is 273 Å². The van der Waals surface area contributed by atoms with Crippen molar-refractivity contribution in [2.24, 2.45) is 0 Å². The summed E-state index contributed by atoms with van der Waals surface area (Å²) in [6.07, 6.45) is 0. The molecule has 0 bridgehead atoms. The molecule has 13 rings (SSSR count). The summed E-state index contributed by atoms with van der Waals surface area (Å²) in [6.45, 7) is 0. The van der Waals surface area contributed by atoms with E-state index in [0.717, 1.165) is 55.7 Å². The van der Waals surface area contributed by atoms with Crippen LogP contribution in [0.25, 0.3) is 110 Å². The highest BCUT2D eigenvalue weighted by atomic mass is 16.3. The summed E-state index contributed by atoms with van der Waals surface area (Å²) in [4.78, 5) is 2.40. The number of benzene rings is 12. The minimum Gasteiger partial charge on any atom is -0.455 e. The molecule has 0 aliphatic carbocycles. The van der Waals surface area contributed by atoms with Crippen LogP contribution >= 0.6 is 0 Å². The molecule has 0 unspecified atom stereocenters. The standard InChI is InChI=1S/C68H45NO/c1-3-16-46(17-4-1)54-36-41-61(64(45-54)50-19-5-2-6-20-50)59-26-12-11-25-58(59)51-34-39-56(40-35-51)69(55-37-32-48(33-38-55)53-31-30-47-18-7-8-22-52(47)44-53)65-43-42-62(60-28-15-23-49-21-9-10-24-57(49)60)68-67(65)63-27-13-14-29-66(63)70-68/h1-45H. The van der Waals surface area contributed by atoms with Gasteiger partial charge >= 0.3 is 0 Å². The number of fused-ring (bicyclic) bond motifs is 5. The summed E-state index contributed by atoms with van der Waals surface area (Å²) < 4.78 is 6.94. The van der Waals surface area contributed by atoms with E-state index in [1.165, 1.54) is 71.6 Å². The van der Waals surface area contributed by atoms with E-state index in [9.17, 15) is 0 Å². The highest BCUT2D eigenvalue weighted by molar-refractivity contribution is 6.18. The van der Waals surface area contributed by atoms with Gasteiger partial charge in [0.05, 0.1) is 11.1 Å². The van der Waals surface area contributed by atoms with Gasteiger partial charge in [0.2, 0.25) is 0 Å². The third-order valence-corrected chi connectivity index (χ3v) is 13.9. The molecule has 0 aliphatic rings. The first-order valence-electron chi connectivity index (χ1n) is 24.0. The lowest BCUT2D eigenvalue weighted by molar-refractivity contribution is 0.670. The fraction of sp³-hybridized carbons (Fsp3) is 0. The topological polar surface area (TPSA) is 16.4 Å². The maximum Gasteiger partial charge on any atom is 0.145 e. The van der Waals surface area contributed by atoms with Gasteiger partial charge in [-0.2, -0.15) is 0 Å². The minimum absolute atomic E-state index is 0.858. The number of nitrogens with zero attached hydrogens (tertiary/aromatic N) is 1. The van der Waals surface area contributed by atoms with E-state index in [1.807, 2.05) is 0 Å². The Balaban J connectivity index is 0.968. The van der Waals surface area contributed by atoms with Crippen LogP contribution in [0.3, 0.4) is 0 Å². The maximum atomic E-state index is 6.94. The average molecular weight is 892 g/mol. The molecule has 0 saturated heterocycles. The average Bonchev–Trinajstić information content (AvgIpc) is 3.84. The van der Waals surface area contributed by atoms with E-state index >= 15 is 0 Å². The van der Waals surface area contributed by atoms with Crippen molar-refractivity contribution in [3.8, 4) is 66.8 Å². The molecule has 0 aliphatic heterocycles. The molecule has 0 spiro atoms. The third kappa shape index (κ3) is 7.31. The van der Waals surface area contributed by atoms with Crippen molar-refractivity contribution < 1.29 is 4.42 Å². The van der Waals surface area contributed by atoms with Gasteiger partial charge in [0.25, 0.3) is 0 Å². The molecule has 0 saturated carbocycles. The van der Waals surface area contributed by atoms with Gasteiger partial charge < -0.3 is 9.32 Å². The van der Waals surface area contributed by atoms with Gasteiger partial charge in [-0.1, -0.05) is 218 Å². The normalized spacial score (nSPS) is 11.4. The molecule has 12 aromatic carbocycles. The van der Waals surface area contributed by atoms with Crippen LogP contribution in [0.2, 0.25) is 0 Å². The van der Waals surface area contributed by atoms with Gasteiger partial charge in [-0.3, -0.25) is 0 Å². The Bertz CT molecular complexity index is 4030. The van der Waals surface area contributed by atoms with Crippen molar-refractivity contribution in [1.29, 1.82) is 0 Å². The predicted octanol–water partition coefficient (Wildman–Crippen LogP) is 19.4. The highest BCUT2D eigenvalue weighted by Crippen LogP contribution is 2.48. The van der Waals surface area contributed by atoms with Crippen LogP contribution in [0.4, 0.5) is 17.1 Å². The fourth-order valence-corrected chi connectivity index (χ4v) is 10.5. The lowest BCUT2D eigenvalue weighted by Gasteiger charge is -2.27. The first-order valence-corrected chi connectivity index (χ1v) is 24.0. The summed E-state index contributed by atoms with van der Waals surface area (Å²) in [5.41, 5.74) is 18.9. The van der Waals surface area contributed by atoms with Gasteiger partial charge in [0, 0.05) is 22.3 Å². The van der Waals surface area contributed by atoms with Crippen molar-refractivity contribution >= 4 is 60.5 Å². The van der Waals surface area contributed by atoms with Gasteiger partial charge in [-0.25, -0.2) is 0 Å². The van der Waals surface area contributed by atoms with Crippen molar-refractivity contribution in [2.45, 2.75) is 0 Å². The van der Waals surface area contributed by atoms with Crippen LogP contribution in [0.1, 0.15) is 0 Å². The molecule has 70 heavy (non-hydrogen) atoms. The molecule has 0 fully saturated rings. The van der Waals surface area contributed by atoms with E-state index < -0.39 is 0 Å². The Morgan fingerprint density at radius 3 is 1.53 bits per heavy atom.